The van der Waals surface area contributed by atoms with E-state index < -0.39 is 23.7 Å². The highest BCUT2D eigenvalue weighted by Gasteiger charge is 2.48. The Kier molecular flexibility index (Phi) is 9.21. The molecule has 9 nitrogen and oxygen atoms in total. The monoisotopic (exact) mass is 564 g/mol. The van der Waals surface area contributed by atoms with Crippen molar-refractivity contribution in [3.05, 3.63) is 75.8 Å². The van der Waals surface area contributed by atoms with Crippen molar-refractivity contribution in [2.24, 2.45) is 0 Å². The van der Waals surface area contributed by atoms with Crippen LogP contribution in [0.25, 0.3) is 5.76 Å². The first-order chi connectivity index (χ1) is 19.3. The maximum Gasteiger partial charge on any atom is 0.350 e. The van der Waals surface area contributed by atoms with Crippen molar-refractivity contribution in [2.45, 2.75) is 46.1 Å². The van der Waals surface area contributed by atoms with Crippen molar-refractivity contribution in [3.8, 4) is 11.5 Å². The molecular weight excluding hydrogens is 532 g/mol. The Balaban J connectivity index is 1.81. The molecule has 0 spiro atoms. The van der Waals surface area contributed by atoms with E-state index in [4.69, 9.17) is 14.2 Å². The number of hydrogen-bond donors (Lipinski definition) is 1. The van der Waals surface area contributed by atoms with Gasteiger partial charge in [-0.1, -0.05) is 55.4 Å². The third kappa shape index (κ3) is 5.86. The van der Waals surface area contributed by atoms with E-state index in [1.165, 1.54) is 12.0 Å². The number of methoxy groups -OCH3 is 1. The summed E-state index contributed by atoms with van der Waals surface area (Å²) >= 11 is 0.962. The van der Waals surface area contributed by atoms with Crippen LogP contribution in [-0.2, 0) is 14.3 Å². The van der Waals surface area contributed by atoms with Gasteiger partial charge in [0.15, 0.2) is 5.13 Å². The summed E-state index contributed by atoms with van der Waals surface area (Å²) in [5, 5.41) is 11.5. The fraction of sp³-hybridized carbons (Fsp3) is 0.333. The number of aliphatic hydroxyl groups is 1. The van der Waals surface area contributed by atoms with Crippen molar-refractivity contribution < 1.29 is 33.7 Å². The summed E-state index contributed by atoms with van der Waals surface area (Å²) in [6.45, 7) is 6.22. The third-order valence-corrected chi connectivity index (χ3v) is 7.59. The number of amides is 1. The molecule has 1 atom stereocenters. The second-order valence-corrected chi connectivity index (χ2v) is 10.1. The van der Waals surface area contributed by atoms with E-state index in [-0.39, 0.29) is 27.9 Å². The zero-order valence-electron chi connectivity index (χ0n) is 22.9. The van der Waals surface area contributed by atoms with Gasteiger partial charge in [-0.3, -0.25) is 14.5 Å². The Morgan fingerprint density at radius 1 is 1.07 bits per heavy atom. The number of Topliss-reactive ketones (excluding diaryl/α,β-unsaturated/α-hetero) is 1. The summed E-state index contributed by atoms with van der Waals surface area (Å²) in [5.74, 6) is -1.50. The van der Waals surface area contributed by atoms with Gasteiger partial charge < -0.3 is 19.3 Å². The van der Waals surface area contributed by atoms with Crippen molar-refractivity contribution in [1.29, 1.82) is 0 Å². The summed E-state index contributed by atoms with van der Waals surface area (Å²) in [5.41, 5.74) is 1.17. The van der Waals surface area contributed by atoms with Gasteiger partial charge >= 0.3 is 11.9 Å². The number of thiazole rings is 1. The summed E-state index contributed by atoms with van der Waals surface area (Å²) in [7, 11) is 1.50. The molecule has 1 unspecified atom stereocenters. The zero-order valence-corrected chi connectivity index (χ0v) is 23.7. The predicted octanol–water partition coefficient (Wildman–Crippen LogP) is 5.83. The van der Waals surface area contributed by atoms with Crippen LogP contribution < -0.4 is 14.4 Å². The van der Waals surface area contributed by atoms with Crippen LogP contribution in [0.15, 0.2) is 54.1 Å². The number of esters is 1. The molecule has 1 amide bonds. The van der Waals surface area contributed by atoms with E-state index in [1.54, 1.807) is 62.4 Å². The van der Waals surface area contributed by atoms with E-state index in [0.29, 0.717) is 34.9 Å². The first-order valence-electron chi connectivity index (χ1n) is 13.1. The zero-order chi connectivity index (χ0) is 28.8. The number of rotatable bonds is 11. The minimum atomic E-state index is -0.999. The number of carbonyl (C=O) groups is 3. The topological polar surface area (TPSA) is 115 Å². The summed E-state index contributed by atoms with van der Waals surface area (Å²) in [6, 6.07) is 12.6. The van der Waals surface area contributed by atoms with E-state index in [9.17, 15) is 19.5 Å². The van der Waals surface area contributed by atoms with Crippen LogP contribution in [0.2, 0.25) is 0 Å². The van der Waals surface area contributed by atoms with E-state index in [0.717, 1.165) is 30.6 Å². The number of aliphatic hydroxyl groups excluding tert-OH is 1. The highest BCUT2D eigenvalue weighted by Crippen LogP contribution is 2.44. The summed E-state index contributed by atoms with van der Waals surface area (Å²) in [4.78, 5) is 45.3. The van der Waals surface area contributed by atoms with E-state index >= 15 is 0 Å². The largest absolute Gasteiger partial charge is 0.507 e. The Morgan fingerprint density at radius 2 is 1.82 bits per heavy atom. The molecule has 0 bridgehead atoms. The number of anilines is 1. The molecule has 1 aliphatic rings. The predicted molar refractivity (Wildman–Crippen MR) is 152 cm³/mol. The number of benzene rings is 2. The Morgan fingerprint density at radius 3 is 2.50 bits per heavy atom. The number of unbranched alkanes of at least 4 members (excludes halogenated alkanes) is 2. The van der Waals surface area contributed by atoms with Crippen LogP contribution in [0.1, 0.15) is 65.6 Å². The molecule has 1 aromatic heterocycles. The van der Waals surface area contributed by atoms with Crippen molar-refractivity contribution in [1.82, 2.24) is 4.98 Å². The molecule has 4 rings (SSSR count). The Labute approximate surface area is 237 Å². The van der Waals surface area contributed by atoms with Crippen LogP contribution in [0.5, 0.6) is 11.5 Å². The van der Waals surface area contributed by atoms with Crippen molar-refractivity contribution in [2.75, 3.05) is 25.2 Å². The van der Waals surface area contributed by atoms with Crippen LogP contribution >= 0.6 is 11.3 Å². The lowest BCUT2D eigenvalue weighted by Crippen LogP contribution is -2.29. The molecule has 2 heterocycles. The molecular formula is C30H32N2O7S. The molecule has 0 saturated carbocycles. The smallest absolute Gasteiger partial charge is 0.350 e. The molecule has 10 heteroatoms. The Bertz CT molecular complexity index is 1430. The fourth-order valence-corrected chi connectivity index (χ4v) is 5.42. The number of hydrogen-bond acceptors (Lipinski definition) is 9. The minimum absolute atomic E-state index is 0.0968. The van der Waals surface area contributed by atoms with Crippen molar-refractivity contribution in [3.63, 3.8) is 0 Å². The lowest BCUT2D eigenvalue weighted by Gasteiger charge is -2.23. The molecule has 1 aliphatic heterocycles. The van der Waals surface area contributed by atoms with Crippen molar-refractivity contribution >= 4 is 39.9 Å². The highest BCUT2D eigenvalue weighted by atomic mass is 32.1. The van der Waals surface area contributed by atoms with Gasteiger partial charge in [-0.25, -0.2) is 9.78 Å². The van der Waals surface area contributed by atoms with Gasteiger partial charge in [-0.05, 0) is 50.1 Å². The fourth-order valence-electron chi connectivity index (χ4n) is 4.43. The van der Waals surface area contributed by atoms with Crippen LogP contribution in [0, 0.1) is 6.92 Å². The van der Waals surface area contributed by atoms with Gasteiger partial charge in [0.2, 0.25) is 0 Å². The van der Waals surface area contributed by atoms with Gasteiger partial charge in [0.1, 0.15) is 22.1 Å². The number of ether oxygens (including phenoxy) is 3. The lowest BCUT2D eigenvalue weighted by molar-refractivity contribution is -0.132. The van der Waals surface area contributed by atoms with E-state index in [1.807, 2.05) is 0 Å². The number of ketones is 1. The number of nitrogens with zero attached hydrogens (tertiary/aromatic N) is 2. The van der Waals surface area contributed by atoms with Gasteiger partial charge in [-0.2, -0.15) is 0 Å². The molecule has 0 aliphatic carbocycles. The molecule has 2 aromatic carbocycles. The molecule has 1 fully saturated rings. The number of carbonyl (C=O) groups excluding carboxylic acids is 3. The Hall–Kier alpha value is -4.18. The maximum atomic E-state index is 13.5. The van der Waals surface area contributed by atoms with Crippen LogP contribution in [0.3, 0.4) is 0 Å². The maximum absolute atomic E-state index is 13.5. The average molecular weight is 565 g/mol. The summed E-state index contributed by atoms with van der Waals surface area (Å²) in [6.07, 6.45) is 3.09. The second kappa shape index (κ2) is 12.8. The molecule has 210 valence electrons. The van der Waals surface area contributed by atoms with Gasteiger partial charge in [0, 0.05) is 5.56 Å². The normalized spacial score (nSPS) is 16.3. The quantitative estimate of drug-likeness (QED) is 0.102. The first-order valence-corrected chi connectivity index (χ1v) is 13.9. The highest BCUT2D eigenvalue weighted by molar-refractivity contribution is 7.17. The first kappa shape index (κ1) is 28.8. The third-order valence-electron chi connectivity index (χ3n) is 6.45. The van der Waals surface area contributed by atoms with Gasteiger partial charge in [0.05, 0.1) is 37.6 Å². The molecule has 1 saturated heterocycles. The number of aromatic nitrogens is 1. The lowest BCUT2D eigenvalue weighted by atomic mass is 9.95. The van der Waals surface area contributed by atoms with Crippen LogP contribution in [-0.4, -0.2) is 48.1 Å². The minimum Gasteiger partial charge on any atom is -0.507 e. The standard InChI is InChI=1S/C30H32N2O7S/c1-5-7-8-16-39-21-14-12-19(13-15-21)24-23(25(33)20-10-9-11-22(17-20)37-4)26(34)28(35)32(24)30-31-18(3)27(40-30)29(36)38-6-2/h9-15,17,24,33H,5-8,16H2,1-4H3/b25-23+. The average Bonchev–Trinajstić information content (AvgIpc) is 3.47. The molecule has 40 heavy (non-hydrogen) atoms. The molecule has 0 radical (unpaired) electrons. The van der Waals surface area contributed by atoms with Crippen LogP contribution in [0.4, 0.5) is 5.13 Å². The van der Waals surface area contributed by atoms with Gasteiger partial charge in [0.25, 0.3) is 5.78 Å². The SMILES string of the molecule is CCCCCOc1ccc(C2/C(=C(\O)c3cccc(OC)c3)C(=O)C(=O)N2c2nc(C)c(C(=O)OCC)s2)cc1. The van der Waals surface area contributed by atoms with Gasteiger partial charge in [-0.15, -0.1) is 0 Å². The summed E-state index contributed by atoms with van der Waals surface area (Å²) < 4.78 is 16.2. The molecule has 1 N–H and O–H groups in total. The second-order valence-electron chi connectivity index (χ2n) is 9.16. The number of aryl methyl sites for hydroxylation is 1. The van der Waals surface area contributed by atoms with E-state index in [2.05, 4.69) is 11.9 Å². The molecule has 3 aromatic rings.